The highest BCUT2D eigenvalue weighted by Crippen LogP contribution is 2.30. The third kappa shape index (κ3) is 4.20. The molecule has 0 saturated heterocycles. The first-order valence-corrected chi connectivity index (χ1v) is 10.0. The van der Waals surface area contributed by atoms with Gasteiger partial charge in [0.05, 0.1) is 18.0 Å². The average Bonchev–Trinajstić information content (AvgIpc) is 3.10. The highest BCUT2D eigenvalue weighted by Gasteiger charge is 2.21. The highest BCUT2D eigenvalue weighted by atomic mass is 32.2. The van der Waals surface area contributed by atoms with Gasteiger partial charge in [0.25, 0.3) is 0 Å². The SMILES string of the molecule is CCn1c(SC(C)C(=O)Nc2ccccc2OC)nnc1-c1ccccc1C. The van der Waals surface area contributed by atoms with Crippen LogP contribution in [0.4, 0.5) is 5.69 Å². The van der Waals surface area contributed by atoms with Crippen LogP contribution in [-0.4, -0.2) is 33.0 Å². The molecule has 0 radical (unpaired) electrons. The van der Waals surface area contributed by atoms with Gasteiger partial charge in [-0.1, -0.05) is 48.2 Å². The van der Waals surface area contributed by atoms with E-state index >= 15 is 0 Å². The molecule has 0 spiro atoms. The molecule has 1 heterocycles. The molecule has 0 aliphatic carbocycles. The Balaban J connectivity index is 1.78. The maximum Gasteiger partial charge on any atom is 0.237 e. The van der Waals surface area contributed by atoms with Crippen LogP contribution < -0.4 is 10.1 Å². The molecule has 3 aromatic rings. The van der Waals surface area contributed by atoms with Crippen LogP contribution in [0.5, 0.6) is 5.75 Å². The van der Waals surface area contributed by atoms with Crippen LogP contribution >= 0.6 is 11.8 Å². The quantitative estimate of drug-likeness (QED) is 0.600. The fourth-order valence-corrected chi connectivity index (χ4v) is 3.79. The molecule has 0 aliphatic rings. The number of methoxy groups -OCH3 is 1. The molecule has 0 fully saturated rings. The van der Waals surface area contributed by atoms with Crippen LogP contribution in [0.15, 0.2) is 53.7 Å². The lowest BCUT2D eigenvalue weighted by Gasteiger charge is -2.14. The summed E-state index contributed by atoms with van der Waals surface area (Å²) in [6.45, 7) is 6.69. The van der Waals surface area contributed by atoms with Crippen molar-refractivity contribution in [2.75, 3.05) is 12.4 Å². The molecule has 1 amide bonds. The summed E-state index contributed by atoms with van der Waals surface area (Å²) in [6, 6.07) is 15.5. The molecular weight excluding hydrogens is 372 g/mol. The minimum absolute atomic E-state index is 0.113. The Bertz CT molecular complexity index is 971. The molecule has 28 heavy (non-hydrogen) atoms. The number of amides is 1. The fraction of sp³-hybridized carbons (Fsp3) is 0.286. The lowest BCUT2D eigenvalue weighted by atomic mass is 10.1. The van der Waals surface area contributed by atoms with Crippen LogP contribution in [0.2, 0.25) is 0 Å². The number of nitrogens with zero attached hydrogens (tertiary/aromatic N) is 3. The number of hydrogen-bond donors (Lipinski definition) is 1. The van der Waals surface area contributed by atoms with Gasteiger partial charge in [-0.3, -0.25) is 4.79 Å². The number of aryl methyl sites for hydroxylation is 1. The van der Waals surface area contributed by atoms with Crippen molar-refractivity contribution in [3.8, 4) is 17.1 Å². The molecule has 2 aromatic carbocycles. The number of aromatic nitrogens is 3. The summed E-state index contributed by atoms with van der Waals surface area (Å²) in [7, 11) is 1.58. The van der Waals surface area contributed by atoms with Crippen molar-refractivity contribution in [2.45, 2.75) is 37.7 Å². The summed E-state index contributed by atoms with van der Waals surface area (Å²) >= 11 is 1.39. The minimum atomic E-state index is -0.343. The first-order valence-electron chi connectivity index (χ1n) is 9.14. The predicted octanol–water partition coefficient (Wildman–Crippen LogP) is 4.40. The van der Waals surface area contributed by atoms with Gasteiger partial charge in [0.1, 0.15) is 5.75 Å². The average molecular weight is 397 g/mol. The zero-order valence-corrected chi connectivity index (χ0v) is 17.3. The summed E-state index contributed by atoms with van der Waals surface area (Å²) in [6.07, 6.45) is 0. The van der Waals surface area contributed by atoms with E-state index in [0.717, 1.165) is 28.7 Å². The second kappa shape index (κ2) is 8.93. The van der Waals surface area contributed by atoms with E-state index in [1.165, 1.54) is 11.8 Å². The topological polar surface area (TPSA) is 69.0 Å². The molecule has 1 aromatic heterocycles. The minimum Gasteiger partial charge on any atom is -0.495 e. The zero-order chi connectivity index (χ0) is 20.1. The largest absolute Gasteiger partial charge is 0.495 e. The molecule has 3 rings (SSSR count). The Labute approximate surface area is 169 Å². The van der Waals surface area contributed by atoms with Gasteiger partial charge in [-0.05, 0) is 38.5 Å². The summed E-state index contributed by atoms with van der Waals surface area (Å²) in [5.41, 5.74) is 2.85. The molecule has 0 bridgehead atoms. The van der Waals surface area contributed by atoms with E-state index in [4.69, 9.17) is 4.74 Å². The summed E-state index contributed by atoms with van der Waals surface area (Å²) in [5.74, 6) is 1.34. The first-order chi connectivity index (χ1) is 13.5. The monoisotopic (exact) mass is 396 g/mol. The number of hydrogen-bond acceptors (Lipinski definition) is 5. The number of nitrogens with one attached hydrogen (secondary N) is 1. The molecular formula is C21H24N4O2S. The van der Waals surface area contributed by atoms with E-state index in [0.29, 0.717) is 11.4 Å². The van der Waals surface area contributed by atoms with Crippen molar-refractivity contribution in [2.24, 2.45) is 0 Å². The third-order valence-corrected chi connectivity index (χ3v) is 5.52. The smallest absolute Gasteiger partial charge is 0.237 e. The molecule has 1 N–H and O–H groups in total. The number of anilines is 1. The van der Waals surface area contributed by atoms with Gasteiger partial charge in [0.15, 0.2) is 11.0 Å². The van der Waals surface area contributed by atoms with Gasteiger partial charge >= 0.3 is 0 Å². The number of ether oxygens (including phenoxy) is 1. The Hall–Kier alpha value is -2.80. The number of para-hydroxylation sites is 2. The molecule has 0 saturated carbocycles. The number of thioether (sulfide) groups is 1. The van der Waals surface area contributed by atoms with Crippen molar-refractivity contribution in [3.05, 3.63) is 54.1 Å². The van der Waals surface area contributed by atoms with E-state index < -0.39 is 0 Å². The van der Waals surface area contributed by atoms with E-state index in [1.54, 1.807) is 7.11 Å². The lowest BCUT2D eigenvalue weighted by molar-refractivity contribution is -0.115. The van der Waals surface area contributed by atoms with Crippen molar-refractivity contribution in [1.82, 2.24) is 14.8 Å². The molecule has 1 atom stereocenters. The maximum atomic E-state index is 12.7. The second-order valence-electron chi connectivity index (χ2n) is 6.31. The number of benzene rings is 2. The third-order valence-electron chi connectivity index (χ3n) is 4.44. The van der Waals surface area contributed by atoms with Gasteiger partial charge in [-0.15, -0.1) is 10.2 Å². The normalized spacial score (nSPS) is 11.9. The molecule has 6 nitrogen and oxygen atoms in total. The number of carbonyl (C=O) groups is 1. The van der Waals surface area contributed by atoms with E-state index in [1.807, 2.05) is 54.0 Å². The van der Waals surface area contributed by atoms with Crippen LogP contribution in [0.1, 0.15) is 19.4 Å². The summed E-state index contributed by atoms with van der Waals surface area (Å²) in [4.78, 5) is 12.7. The van der Waals surface area contributed by atoms with Gasteiger partial charge in [-0.2, -0.15) is 0 Å². The molecule has 7 heteroatoms. The standard InChI is InChI=1S/C21H24N4O2S/c1-5-25-19(16-11-7-6-10-14(16)2)23-24-21(25)28-15(3)20(26)22-17-12-8-9-13-18(17)27-4/h6-13,15H,5H2,1-4H3,(H,22,26). The van der Waals surface area contributed by atoms with E-state index in [2.05, 4.69) is 35.4 Å². The Morgan fingerprint density at radius 2 is 1.89 bits per heavy atom. The molecule has 146 valence electrons. The van der Waals surface area contributed by atoms with Crippen LogP contribution in [-0.2, 0) is 11.3 Å². The first kappa shape index (κ1) is 19.9. The Morgan fingerprint density at radius 1 is 1.18 bits per heavy atom. The maximum absolute atomic E-state index is 12.7. The molecule has 0 aliphatic heterocycles. The molecule has 1 unspecified atom stereocenters. The Morgan fingerprint density at radius 3 is 2.61 bits per heavy atom. The van der Waals surface area contributed by atoms with Crippen molar-refractivity contribution < 1.29 is 9.53 Å². The van der Waals surface area contributed by atoms with E-state index in [9.17, 15) is 4.79 Å². The lowest BCUT2D eigenvalue weighted by Crippen LogP contribution is -2.23. The highest BCUT2D eigenvalue weighted by molar-refractivity contribution is 8.00. The van der Waals surface area contributed by atoms with Gasteiger partial charge in [-0.25, -0.2) is 0 Å². The van der Waals surface area contributed by atoms with Crippen molar-refractivity contribution in [1.29, 1.82) is 0 Å². The second-order valence-corrected chi connectivity index (χ2v) is 7.62. The zero-order valence-electron chi connectivity index (χ0n) is 16.5. The van der Waals surface area contributed by atoms with Gasteiger partial charge < -0.3 is 14.6 Å². The van der Waals surface area contributed by atoms with Crippen LogP contribution in [0.25, 0.3) is 11.4 Å². The summed E-state index contributed by atoms with van der Waals surface area (Å²) in [5, 5.41) is 12.0. The Kier molecular flexibility index (Phi) is 6.36. The van der Waals surface area contributed by atoms with Crippen molar-refractivity contribution in [3.63, 3.8) is 0 Å². The van der Waals surface area contributed by atoms with Gasteiger partial charge in [0.2, 0.25) is 5.91 Å². The fourth-order valence-electron chi connectivity index (χ4n) is 2.88. The number of rotatable bonds is 7. The van der Waals surface area contributed by atoms with Crippen molar-refractivity contribution >= 4 is 23.4 Å². The summed E-state index contributed by atoms with van der Waals surface area (Å²) < 4.78 is 7.34. The van der Waals surface area contributed by atoms with Crippen LogP contribution in [0, 0.1) is 6.92 Å². The van der Waals surface area contributed by atoms with Gasteiger partial charge in [0, 0.05) is 12.1 Å². The number of carbonyl (C=O) groups excluding carboxylic acids is 1. The van der Waals surface area contributed by atoms with E-state index in [-0.39, 0.29) is 11.2 Å². The van der Waals surface area contributed by atoms with Crippen LogP contribution in [0.3, 0.4) is 0 Å². The predicted molar refractivity (Wildman–Crippen MR) is 113 cm³/mol.